The van der Waals surface area contributed by atoms with E-state index in [0.717, 1.165) is 5.56 Å². The summed E-state index contributed by atoms with van der Waals surface area (Å²) in [6.07, 6.45) is 3.09. The van der Waals surface area contributed by atoms with Crippen molar-refractivity contribution in [3.05, 3.63) is 46.7 Å². The number of benzene rings is 1. The minimum absolute atomic E-state index is 0.338. The second-order valence-electron chi connectivity index (χ2n) is 4.00. The van der Waals surface area contributed by atoms with Crippen LogP contribution in [0, 0.1) is 0 Å². The molecule has 19 heavy (non-hydrogen) atoms. The van der Waals surface area contributed by atoms with Gasteiger partial charge in [0.25, 0.3) is 0 Å². The van der Waals surface area contributed by atoms with Gasteiger partial charge in [0.2, 0.25) is 0 Å². The third-order valence-corrected chi connectivity index (χ3v) is 2.92. The Morgan fingerprint density at radius 3 is 3.05 bits per heavy atom. The molecule has 0 bridgehead atoms. The van der Waals surface area contributed by atoms with E-state index in [1.54, 1.807) is 36.0 Å². The minimum Gasteiger partial charge on any atom is -0.462 e. The maximum absolute atomic E-state index is 11.5. The van der Waals surface area contributed by atoms with Crippen LogP contribution in [-0.4, -0.2) is 22.4 Å². The highest BCUT2D eigenvalue weighted by atomic mass is 35.5. The van der Waals surface area contributed by atoms with E-state index in [9.17, 15) is 4.79 Å². The Morgan fingerprint density at radius 1 is 1.53 bits per heavy atom. The number of nitrogen functional groups attached to an aromatic ring is 1. The Kier molecular flexibility index (Phi) is 4.06. The van der Waals surface area contributed by atoms with E-state index in [1.165, 1.54) is 6.20 Å². The topological polar surface area (TPSA) is 70.1 Å². The van der Waals surface area contributed by atoms with Gasteiger partial charge in [-0.05, 0) is 30.7 Å². The lowest BCUT2D eigenvalue weighted by atomic mass is 10.2. The zero-order chi connectivity index (χ0) is 13.8. The largest absolute Gasteiger partial charge is 0.462 e. The highest BCUT2D eigenvalue weighted by molar-refractivity contribution is 6.31. The molecular formula is C13H14ClN3O2. The summed E-state index contributed by atoms with van der Waals surface area (Å²) >= 11 is 6.08. The van der Waals surface area contributed by atoms with Crippen molar-refractivity contribution >= 4 is 23.3 Å². The van der Waals surface area contributed by atoms with Gasteiger partial charge in [0, 0.05) is 16.9 Å². The zero-order valence-corrected chi connectivity index (χ0v) is 11.2. The molecule has 0 saturated carbocycles. The summed E-state index contributed by atoms with van der Waals surface area (Å²) in [6, 6.07) is 5.26. The van der Waals surface area contributed by atoms with E-state index < -0.39 is 0 Å². The van der Waals surface area contributed by atoms with Gasteiger partial charge in [0.15, 0.2) is 0 Å². The van der Waals surface area contributed by atoms with Gasteiger partial charge in [0.1, 0.15) is 0 Å². The van der Waals surface area contributed by atoms with Crippen LogP contribution < -0.4 is 5.73 Å². The van der Waals surface area contributed by atoms with E-state index in [2.05, 4.69) is 5.10 Å². The fourth-order valence-electron chi connectivity index (χ4n) is 1.66. The SMILES string of the molecule is CCOC(=O)c1cnn(Cc2cc(N)ccc2Cl)c1. The van der Waals surface area contributed by atoms with Gasteiger partial charge in [-0.25, -0.2) is 4.79 Å². The first-order valence-electron chi connectivity index (χ1n) is 5.83. The molecule has 0 radical (unpaired) electrons. The Morgan fingerprint density at radius 2 is 2.32 bits per heavy atom. The Bertz CT molecular complexity index is 595. The predicted octanol–water partition coefficient (Wildman–Crippen LogP) is 2.34. The maximum atomic E-state index is 11.5. The van der Waals surface area contributed by atoms with Crippen molar-refractivity contribution in [2.75, 3.05) is 12.3 Å². The molecule has 0 atom stereocenters. The van der Waals surface area contributed by atoms with Gasteiger partial charge in [-0.2, -0.15) is 5.10 Å². The second kappa shape index (κ2) is 5.75. The van der Waals surface area contributed by atoms with Crippen LogP contribution in [0.25, 0.3) is 0 Å². The molecule has 5 nitrogen and oxygen atoms in total. The third kappa shape index (κ3) is 3.26. The van der Waals surface area contributed by atoms with Crippen molar-refractivity contribution in [3.63, 3.8) is 0 Å². The van der Waals surface area contributed by atoms with Gasteiger partial charge in [-0.3, -0.25) is 4.68 Å². The maximum Gasteiger partial charge on any atom is 0.341 e. The standard InChI is InChI=1S/C13H14ClN3O2/c1-2-19-13(18)10-6-16-17(8-10)7-9-5-11(15)3-4-12(9)14/h3-6,8H,2,7,15H2,1H3. The molecule has 0 amide bonds. The Balaban J connectivity index is 2.15. The number of carbonyl (C=O) groups is 1. The molecule has 0 aliphatic heterocycles. The molecule has 0 spiro atoms. The van der Waals surface area contributed by atoms with Gasteiger partial charge in [0.05, 0.1) is 24.9 Å². The second-order valence-corrected chi connectivity index (χ2v) is 4.41. The van der Waals surface area contributed by atoms with Crippen molar-refractivity contribution in [1.29, 1.82) is 0 Å². The van der Waals surface area contributed by atoms with Gasteiger partial charge < -0.3 is 10.5 Å². The van der Waals surface area contributed by atoms with E-state index in [1.807, 2.05) is 0 Å². The number of anilines is 1. The monoisotopic (exact) mass is 279 g/mol. The summed E-state index contributed by atoms with van der Waals surface area (Å²) in [5, 5.41) is 4.72. The number of ether oxygens (including phenoxy) is 1. The average molecular weight is 280 g/mol. The van der Waals surface area contributed by atoms with E-state index in [-0.39, 0.29) is 5.97 Å². The normalized spacial score (nSPS) is 10.4. The summed E-state index contributed by atoms with van der Waals surface area (Å²) in [5.41, 5.74) is 7.61. The van der Waals surface area contributed by atoms with Crippen molar-refractivity contribution in [2.24, 2.45) is 0 Å². The molecule has 2 rings (SSSR count). The van der Waals surface area contributed by atoms with Crippen LogP contribution in [-0.2, 0) is 11.3 Å². The molecule has 1 aromatic carbocycles. The number of nitrogens with two attached hydrogens (primary N) is 1. The lowest BCUT2D eigenvalue weighted by Gasteiger charge is -2.05. The predicted molar refractivity (Wildman–Crippen MR) is 73.1 cm³/mol. The first kappa shape index (κ1) is 13.4. The Labute approximate surface area is 115 Å². The summed E-state index contributed by atoms with van der Waals surface area (Å²) in [7, 11) is 0. The number of carbonyl (C=O) groups excluding carboxylic acids is 1. The molecule has 0 fully saturated rings. The van der Waals surface area contributed by atoms with Crippen LogP contribution in [0.5, 0.6) is 0 Å². The number of hydrogen-bond acceptors (Lipinski definition) is 4. The molecule has 0 saturated heterocycles. The van der Waals surface area contributed by atoms with E-state index in [0.29, 0.717) is 29.4 Å². The number of aromatic nitrogens is 2. The molecule has 6 heteroatoms. The summed E-state index contributed by atoms with van der Waals surface area (Å²) in [4.78, 5) is 11.5. The van der Waals surface area contributed by atoms with Gasteiger partial charge >= 0.3 is 5.97 Å². The molecule has 0 unspecified atom stereocenters. The lowest BCUT2D eigenvalue weighted by molar-refractivity contribution is 0.0526. The van der Waals surface area contributed by atoms with Crippen molar-refractivity contribution < 1.29 is 9.53 Å². The van der Waals surface area contributed by atoms with Crippen LogP contribution >= 0.6 is 11.6 Å². The van der Waals surface area contributed by atoms with Crippen LogP contribution in [0.1, 0.15) is 22.8 Å². The lowest BCUT2D eigenvalue weighted by Crippen LogP contribution is -2.04. The number of nitrogens with zero attached hydrogens (tertiary/aromatic N) is 2. The van der Waals surface area contributed by atoms with Crippen LogP contribution in [0.3, 0.4) is 0 Å². The highest BCUT2D eigenvalue weighted by Crippen LogP contribution is 2.19. The van der Waals surface area contributed by atoms with E-state index in [4.69, 9.17) is 22.1 Å². The zero-order valence-electron chi connectivity index (χ0n) is 10.5. The minimum atomic E-state index is -0.382. The van der Waals surface area contributed by atoms with Crippen molar-refractivity contribution in [3.8, 4) is 0 Å². The first-order valence-corrected chi connectivity index (χ1v) is 6.21. The fraction of sp³-hybridized carbons (Fsp3) is 0.231. The van der Waals surface area contributed by atoms with Crippen LogP contribution in [0.4, 0.5) is 5.69 Å². The van der Waals surface area contributed by atoms with Gasteiger partial charge in [-0.1, -0.05) is 11.6 Å². The molecule has 2 N–H and O–H groups in total. The molecule has 1 aromatic heterocycles. The molecule has 0 aliphatic rings. The quantitative estimate of drug-likeness (QED) is 0.689. The van der Waals surface area contributed by atoms with Crippen LogP contribution in [0.2, 0.25) is 5.02 Å². The molecule has 2 aromatic rings. The third-order valence-electron chi connectivity index (χ3n) is 2.55. The highest BCUT2D eigenvalue weighted by Gasteiger charge is 2.10. The first-order chi connectivity index (χ1) is 9.10. The fourth-order valence-corrected chi connectivity index (χ4v) is 1.84. The molecule has 100 valence electrons. The van der Waals surface area contributed by atoms with Crippen molar-refractivity contribution in [1.82, 2.24) is 9.78 Å². The Hall–Kier alpha value is -2.01. The number of esters is 1. The van der Waals surface area contributed by atoms with E-state index >= 15 is 0 Å². The number of halogens is 1. The van der Waals surface area contributed by atoms with Gasteiger partial charge in [-0.15, -0.1) is 0 Å². The molecular weight excluding hydrogens is 266 g/mol. The average Bonchev–Trinajstić information content (AvgIpc) is 2.83. The number of rotatable bonds is 4. The summed E-state index contributed by atoms with van der Waals surface area (Å²) < 4.78 is 6.51. The smallest absolute Gasteiger partial charge is 0.341 e. The summed E-state index contributed by atoms with van der Waals surface area (Å²) in [5.74, 6) is -0.382. The number of hydrogen-bond donors (Lipinski definition) is 1. The van der Waals surface area contributed by atoms with Crippen LogP contribution in [0.15, 0.2) is 30.6 Å². The molecule has 1 heterocycles. The summed E-state index contributed by atoms with van der Waals surface area (Å²) in [6.45, 7) is 2.54. The molecule has 0 aliphatic carbocycles. The van der Waals surface area contributed by atoms with Crippen molar-refractivity contribution in [2.45, 2.75) is 13.5 Å².